The molecule has 138 valence electrons. The molecule has 0 saturated carbocycles. The summed E-state index contributed by atoms with van der Waals surface area (Å²) in [6.07, 6.45) is 6.93. The molecule has 0 aliphatic rings. The van der Waals surface area contributed by atoms with Crippen LogP contribution in [0.2, 0.25) is 5.02 Å². The van der Waals surface area contributed by atoms with Crippen LogP contribution in [0.25, 0.3) is 10.8 Å². The molecule has 0 amide bonds. The van der Waals surface area contributed by atoms with Crippen LogP contribution in [0.5, 0.6) is 11.5 Å². The average molecular weight is 383 g/mol. The van der Waals surface area contributed by atoms with Gasteiger partial charge in [-0.15, -0.1) is 11.6 Å². The minimum absolute atomic E-state index is 0.276. The Morgan fingerprint density at radius 1 is 1.04 bits per heavy atom. The number of ether oxygens (including phenoxy) is 2. The van der Waals surface area contributed by atoms with E-state index in [4.69, 9.17) is 32.7 Å². The SMILES string of the molecule is CCCCCC(CC)Oc1ccc2c(Cl)c(OCCCCl)ccc2c1. The number of fused-ring (bicyclic) bond motifs is 1. The quantitative estimate of drug-likeness (QED) is 0.301. The van der Waals surface area contributed by atoms with E-state index >= 15 is 0 Å². The Balaban J connectivity index is 2.10. The lowest BCUT2D eigenvalue weighted by Gasteiger charge is -2.18. The van der Waals surface area contributed by atoms with Crippen molar-refractivity contribution in [3.05, 3.63) is 35.4 Å². The second kappa shape index (κ2) is 10.8. The van der Waals surface area contributed by atoms with Crippen molar-refractivity contribution < 1.29 is 9.47 Å². The maximum absolute atomic E-state index is 6.49. The molecule has 0 bridgehead atoms. The first-order valence-corrected chi connectivity index (χ1v) is 10.2. The highest BCUT2D eigenvalue weighted by Crippen LogP contribution is 2.35. The highest BCUT2D eigenvalue weighted by atomic mass is 35.5. The number of hydrogen-bond acceptors (Lipinski definition) is 2. The second-order valence-electron chi connectivity index (χ2n) is 6.30. The van der Waals surface area contributed by atoms with Crippen molar-refractivity contribution in [3.8, 4) is 11.5 Å². The van der Waals surface area contributed by atoms with Crippen molar-refractivity contribution in [2.24, 2.45) is 0 Å². The van der Waals surface area contributed by atoms with Crippen LogP contribution < -0.4 is 9.47 Å². The number of halogens is 2. The van der Waals surface area contributed by atoms with Gasteiger partial charge in [-0.2, -0.15) is 0 Å². The molecule has 0 fully saturated rings. The molecule has 2 nitrogen and oxygen atoms in total. The van der Waals surface area contributed by atoms with Crippen LogP contribution in [0.3, 0.4) is 0 Å². The van der Waals surface area contributed by atoms with Gasteiger partial charge in [0.15, 0.2) is 0 Å². The molecular formula is C21H28Cl2O2. The van der Waals surface area contributed by atoms with E-state index in [0.29, 0.717) is 23.3 Å². The van der Waals surface area contributed by atoms with Gasteiger partial charge in [-0.25, -0.2) is 0 Å². The van der Waals surface area contributed by atoms with Crippen LogP contribution >= 0.6 is 23.2 Å². The Kier molecular flexibility index (Phi) is 8.71. The van der Waals surface area contributed by atoms with Gasteiger partial charge in [0.25, 0.3) is 0 Å². The normalized spacial score (nSPS) is 12.3. The smallest absolute Gasteiger partial charge is 0.138 e. The molecule has 0 spiro atoms. The largest absolute Gasteiger partial charge is 0.492 e. The lowest BCUT2D eigenvalue weighted by molar-refractivity contribution is 0.183. The summed E-state index contributed by atoms with van der Waals surface area (Å²) in [5, 5.41) is 2.70. The Morgan fingerprint density at radius 2 is 1.88 bits per heavy atom. The van der Waals surface area contributed by atoms with Crippen LogP contribution in [0.1, 0.15) is 52.4 Å². The van der Waals surface area contributed by atoms with Crippen LogP contribution in [0.15, 0.2) is 30.3 Å². The molecule has 1 unspecified atom stereocenters. The number of alkyl halides is 1. The first-order valence-electron chi connectivity index (χ1n) is 9.27. The zero-order valence-corrected chi connectivity index (χ0v) is 16.7. The van der Waals surface area contributed by atoms with Crippen molar-refractivity contribution in [2.45, 2.75) is 58.5 Å². The van der Waals surface area contributed by atoms with E-state index in [1.165, 1.54) is 19.3 Å². The van der Waals surface area contributed by atoms with E-state index in [1.807, 2.05) is 24.3 Å². The van der Waals surface area contributed by atoms with Gasteiger partial charge in [-0.3, -0.25) is 0 Å². The summed E-state index contributed by atoms with van der Waals surface area (Å²) >= 11 is 12.2. The number of unbranched alkanes of at least 4 members (excludes halogenated alkanes) is 2. The van der Waals surface area contributed by atoms with Crippen molar-refractivity contribution in [1.82, 2.24) is 0 Å². The van der Waals surface area contributed by atoms with E-state index in [1.54, 1.807) is 0 Å². The van der Waals surface area contributed by atoms with E-state index in [2.05, 4.69) is 19.9 Å². The molecule has 2 aromatic rings. The zero-order valence-electron chi connectivity index (χ0n) is 15.2. The van der Waals surface area contributed by atoms with E-state index in [9.17, 15) is 0 Å². The minimum atomic E-state index is 0.276. The number of benzene rings is 2. The van der Waals surface area contributed by atoms with E-state index in [0.717, 1.165) is 35.8 Å². The van der Waals surface area contributed by atoms with Crippen LogP contribution in [0.4, 0.5) is 0 Å². The lowest BCUT2D eigenvalue weighted by Crippen LogP contribution is -2.15. The molecule has 0 aromatic heterocycles. The standard InChI is InChI=1S/C21H28Cl2O2/c1-3-5-6-8-17(4-2)25-18-10-11-19-16(15-18)9-12-20(21(19)23)24-14-7-13-22/h9-12,15,17H,3-8,13-14H2,1-2H3. The van der Waals surface area contributed by atoms with Crippen molar-refractivity contribution in [3.63, 3.8) is 0 Å². The van der Waals surface area contributed by atoms with Crippen molar-refractivity contribution in [2.75, 3.05) is 12.5 Å². The maximum Gasteiger partial charge on any atom is 0.138 e. The first-order chi connectivity index (χ1) is 12.2. The maximum atomic E-state index is 6.49. The summed E-state index contributed by atoms with van der Waals surface area (Å²) in [6, 6.07) is 10.0. The minimum Gasteiger partial charge on any atom is -0.492 e. The summed E-state index contributed by atoms with van der Waals surface area (Å²) in [6.45, 7) is 4.98. The molecule has 0 aliphatic carbocycles. The van der Waals surface area contributed by atoms with Gasteiger partial charge in [-0.1, -0.05) is 44.4 Å². The van der Waals surface area contributed by atoms with Crippen LogP contribution in [0, 0.1) is 0 Å². The monoisotopic (exact) mass is 382 g/mol. The van der Waals surface area contributed by atoms with Gasteiger partial charge in [-0.05, 0) is 55.3 Å². The fourth-order valence-electron chi connectivity index (χ4n) is 2.83. The molecule has 0 heterocycles. The Labute approximate surface area is 161 Å². The van der Waals surface area contributed by atoms with Gasteiger partial charge >= 0.3 is 0 Å². The Morgan fingerprint density at radius 3 is 2.60 bits per heavy atom. The van der Waals surface area contributed by atoms with E-state index < -0.39 is 0 Å². The molecule has 25 heavy (non-hydrogen) atoms. The molecule has 1 atom stereocenters. The Hall–Kier alpha value is -1.12. The average Bonchev–Trinajstić information content (AvgIpc) is 2.63. The fraction of sp³-hybridized carbons (Fsp3) is 0.524. The third-order valence-corrected chi connectivity index (χ3v) is 4.97. The van der Waals surface area contributed by atoms with Crippen molar-refractivity contribution in [1.29, 1.82) is 0 Å². The predicted octanol–water partition coefficient (Wildman–Crippen LogP) is 7.24. The van der Waals surface area contributed by atoms with Crippen LogP contribution in [-0.4, -0.2) is 18.6 Å². The third kappa shape index (κ3) is 5.97. The summed E-state index contributed by atoms with van der Waals surface area (Å²) in [4.78, 5) is 0. The highest BCUT2D eigenvalue weighted by Gasteiger charge is 2.11. The molecule has 0 radical (unpaired) electrons. The Bertz CT molecular complexity index is 658. The van der Waals surface area contributed by atoms with Gasteiger partial charge < -0.3 is 9.47 Å². The van der Waals surface area contributed by atoms with Gasteiger partial charge in [0.2, 0.25) is 0 Å². The lowest BCUT2D eigenvalue weighted by atomic mass is 10.1. The molecular weight excluding hydrogens is 355 g/mol. The van der Waals surface area contributed by atoms with Gasteiger partial charge in [0, 0.05) is 11.3 Å². The molecule has 0 aliphatic heterocycles. The summed E-state index contributed by atoms with van der Waals surface area (Å²) in [5.74, 6) is 2.20. The topological polar surface area (TPSA) is 18.5 Å². The molecule has 2 aromatic carbocycles. The summed E-state index contributed by atoms with van der Waals surface area (Å²) < 4.78 is 11.9. The molecule has 2 rings (SSSR count). The number of hydrogen-bond donors (Lipinski definition) is 0. The highest BCUT2D eigenvalue weighted by molar-refractivity contribution is 6.37. The second-order valence-corrected chi connectivity index (χ2v) is 7.05. The summed E-state index contributed by atoms with van der Waals surface area (Å²) in [7, 11) is 0. The number of rotatable bonds is 11. The summed E-state index contributed by atoms with van der Waals surface area (Å²) in [5.41, 5.74) is 0. The van der Waals surface area contributed by atoms with Gasteiger partial charge in [0.05, 0.1) is 17.7 Å². The molecule has 4 heteroatoms. The third-order valence-electron chi connectivity index (χ3n) is 4.31. The van der Waals surface area contributed by atoms with Crippen molar-refractivity contribution >= 4 is 34.0 Å². The zero-order chi connectivity index (χ0) is 18.1. The predicted molar refractivity (Wildman–Crippen MR) is 109 cm³/mol. The molecule has 0 saturated heterocycles. The fourth-order valence-corrected chi connectivity index (χ4v) is 3.23. The van der Waals surface area contributed by atoms with E-state index in [-0.39, 0.29) is 6.10 Å². The first kappa shape index (κ1) is 20.2. The van der Waals surface area contributed by atoms with Crippen LogP contribution in [-0.2, 0) is 0 Å². The van der Waals surface area contributed by atoms with Gasteiger partial charge in [0.1, 0.15) is 11.5 Å². The molecule has 0 N–H and O–H groups in total.